The zero-order valence-electron chi connectivity index (χ0n) is 15.2. The maximum absolute atomic E-state index is 5.41. The Morgan fingerprint density at radius 2 is 2.20 bits per heavy atom. The Kier molecular flexibility index (Phi) is 4.48. The minimum Gasteiger partial charge on any atom is -0.381 e. The van der Waals surface area contributed by atoms with Crippen molar-refractivity contribution in [3.05, 3.63) is 29.6 Å². The van der Waals surface area contributed by atoms with Gasteiger partial charge in [-0.05, 0) is 50.8 Å². The Bertz CT molecular complexity index is 741. The lowest BCUT2D eigenvalue weighted by molar-refractivity contribution is 0.174. The number of methoxy groups -OCH3 is 1. The molecule has 4 rings (SSSR count). The van der Waals surface area contributed by atoms with Crippen molar-refractivity contribution in [1.82, 2.24) is 15.0 Å². The molecule has 1 aliphatic heterocycles. The first-order chi connectivity index (χ1) is 12.2. The molecule has 2 atom stereocenters. The standard InChI is InChI=1S/C19H26N4O2/c1-12-9-14(10-23(12)15-7-8-15)20-17-6-4-5-16(13(17)2)19-21-18(11-24-3)22-25-19/h4-6,12,14-15,20H,7-11H2,1-3H3/t12-,14+/m1/s1. The number of aromatic nitrogens is 2. The van der Waals surface area contributed by atoms with Crippen molar-refractivity contribution in [3.63, 3.8) is 0 Å². The molecule has 1 N–H and O–H groups in total. The Labute approximate surface area is 148 Å². The monoisotopic (exact) mass is 342 g/mol. The molecule has 0 bridgehead atoms. The van der Waals surface area contributed by atoms with Crippen LogP contribution in [0.1, 0.15) is 37.6 Å². The summed E-state index contributed by atoms with van der Waals surface area (Å²) in [5.74, 6) is 1.12. The molecule has 0 spiro atoms. The lowest BCUT2D eigenvalue weighted by Gasteiger charge is -2.20. The van der Waals surface area contributed by atoms with E-state index < -0.39 is 0 Å². The number of rotatable bonds is 6. The third-order valence-electron chi connectivity index (χ3n) is 5.30. The van der Waals surface area contributed by atoms with Gasteiger partial charge in [-0.2, -0.15) is 4.98 Å². The summed E-state index contributed by atoms with van der Waals surface area (Å²) in [7, 11) is 1.62. The van der Waals surface area contributed by atoms with Crippen LogP contribution in [0.25, 0.3) is 11.5 Å². The topological polar surface area (TPSA) is 63.4 Å². The lowest BCUT2D eigenvalue weighted by Crippen LogP contribution is -2.31. The van der Waals surface area contributed by atoms with Crippen molar-refractivity contribution in [1.29, 1.82) is 0 Å². The number of nitrogens with one attached hydrogen (secondary N) is 1. The van der Waals surface area contributed by atoms with Crippen LogP contribution in [0.5, 0.6) is 0 Å². The van der Waals surface area contributed by atoms with Gasteiger partial charge in [0.1, 0.15) is 6.61 Å². The van der Waals surface area contributed by atoms with E-state index in [9.17, 15) is 0 Å². The van der Waals surface area contributed by atoms with E-state index in [1.807, 2.05) is 12.1 Å². The Balaban J connectivity index is 1.51. The average Bonchev–Trinajstić information content (AvgIpc) is 3.22. The molecule has 0 unspecified atom stereocenters. The fraction of sp³-hybridized carbons (Fsp3) is 0.579. The zero-order valence-corrected chi connectivity index (χ0v) is 15.2. The van der Waals surface area contributed by atoms with Gasteiger partial charge in [0.05, 0.1) is 0 Å². The minimum atomic E-state index is 0.359. The van der Waals surface area contributed by atoms with Crippen molar-refractivity contribution >= 4 is 5.69 Å². The van der Waals surface area contributed by atoms with Gasteiger partial charge in [0, 0.05) is 43.0 Å². The van der Waals surface area contributed by atoms with Crippen LogP contribution in [0.2, 0.25) is 0 Å². The molecule has 6 nitrogen and oxygen atoms in total. The van der Waals surface area contributed by atoms with Crippen LogP contribution >= 0.6 is 0 Å². The zero-order chi connectivity index (χ0) is 17.4. The van der Waals surface area contributed by atoms with Gasteiger partial charge < -0.3 is 14.6 Å². The maximum Gasteiger partial charge on any atom is 0.258 e. The molecular weight excluding hydrogens is 316 g/mol. The Morgan fingerprint density at radius 1 is 1.36 bits per heavy atom. The number of ether oxygens (including phenoxy) is 1. The molecular formula is C19H26N4O2. The van der Waals surface area contributed by atoms with Crippen LogP contribution in [0, 0.1) is 6.92 Å². The first-order valence-electron chi connectivity index (χ1n) is 9.09. The summed E-state index contributed by atoms with van der Waals surface area (Å²) >= 11 is 0. The van der Waals surface area contributed by atoms with Gasteiger partial charge in [0.2, 0.25) is 0 Å². The van der Waals surface area contributed by atoms with Gasteiger partial charge in [-0.25, -0.2) is 0 Å². The van der Waals surface area contributed by atoms with Crippen molar-refractivity contribution in [2.45, 2.75) is 57.8 Å². The van der Waals surface area contributed by atoms with Crippen LogP contribution in [-0.2, 0) is 11.3 Å². The Hall–Kier alpha value is -1.92. The predicted octanol–water partition coefficient (Wildman–Crippen LogP) is 3.23. The summed E-state index contributed by atoms with van der Waals surface area (Å²) < 4.78 is 10.5. The van der Waals surface area contributed by atoms with E-state index in [1.54, 1.807) is 7.11 Å². The third-order valence-corrected chi connectivity index (χ3v) is 5.30. The van der Waals surface area contributed by atoms with Crippen molar-refractivity contribution in [2.24, 2.45) is 0 Å². The average molecular weight is 342 g/mol. The van der Waals surface area contributed by atoms with Gasteiger partial charge in [-0.15, -0.1) is 0 Å². The number of hydrogen-bond acceptors (Lipinski definition) is 6. The normalized spacial score (nSPS) is 24.0. The van der Waals surface area contributed by atoms with Crippen molar-refractivity contribution in [3.8, 4) is 11.5 Å². The lowest BCUT2D eigenvalue weighted by atomic mass is 10.1. The van der Waals surface area contributed by atoms with Gasteiger partial charge in [-0.1, -0.05) is 11.2 Å². The number of anilines is 1. The highest BCUT2D eigenvalue weighted by Crippen LogP contribution is 2.35. The minimum absolute atomic E-state index is 0.359. The van der Waals surface area contributed by atoms with E-state index in [2.05, 4.69) is 40.3 Å². The second-order valence-corrected chi connectivity index (χ2v) is 7.28. The van der Waals surface area contributed by atoms with Gasteiger partial charge >= 0.3 is 0 Å². The summed E-state index contributed by atoms with van der Waals surface area (Å²) in [5, 5.41) is 7.70. The summed E-state index contributed by atoms with van der Waals surface area (Å²) in [6.45, 7) is 5.94. The van der Waals surface area contributed by atoms with Gasteiger partial charge in [-0.3, -0.25) is 4.90 Å². The van der Waals surface area contributed by atoms with Crippen molar-refractivity contribution in [2.75, 3.05) is 19.0 Å². The van der Waals surface area contributed by atoms with Crippen molar-refractivity contribution < 1.29 is 9.26 Å². The highest BCUT2D eigenvalue weighted by molar-refractivity contribution is 5.68. The molecule has 1 aromatic carbocycles. The molecule has 1 saturated heterocycles. The van der Waals surface area contributed by atoms with E-state index in [4.69, 9.17) is 9.26 Å². The van der Waals surface area contributed by atoms with Crippen LogP contribution in [0.4, 0.5) is 5.69 Å². The molecule has 2 aliphatic rings. The van der Waals surface area contributed by atoms with Crippen LogP contribution in [-0.4, -0.2) is 46.8 Å². The molecule has 1 aliphatic carbocycles. The summed E-state index contributed by atoms with van der Waals surface area (Å²) in [6, 6.07) is 8.19. The summed E-state index contributed by atoms with van der Waals surface area (Å²) in [4.78, 5) is 7.08. The molecule has 0 radical (unpaired) electrons. The molecule has 0 amide bonds. The largest absolute Gasteiger partial charge is 0.381 e. The van der Waals surface area contributed by atoms with Gasteiger partial charge in [0.15, 0.2) is 5.82 Å². The number of likely N-dealkylation sites (tertiary alicyclic amines) is 1. The smallest absolute Gasteiger partial charge is 0.258 e. The summed E-state index contributed by atoms with van der Waals surface area (Å²) in [5.41, 5.74) is 3.27. The molecule has 2 aromatic rings. The van der Waals surface area contributed by atoms with Gasteiger partial charge in [0.25, 0.3) is 5.89 Å². The highest BCUT2D eigenvalue weighted by Gasteiger charge is 2.38. The summed E-state index contributed by atoms with van der Waals surface area (Å²) in [6.07, 6.45) is 3.93. The molecule has 1 aromatic heterocycles. The fourth-order valence-electron chi connectivity index (χ4n) is 3.87. The van der Waals surface area contributed by atoms with Crippen LogP contribution in [0.3, 0.4) is 0 Å². The second kappa shape index (κ2) is 6.77. The SMILES string of the molecule is COCc1noc(-c2cccc(N[C@H]3C[C@@H](C)N(C4CC4)C3)c2C)n1. The van der Waals surface area contributed by atoms with E-state index >= 15 is 0 Å². The third kappa shape index (κ3) is 3.41. The number of nitrogens with zero attached hydrogens (tertiary/aromatic N) is 3. The quantitative estimate of drug-likeness (QED) is 0.869. The predicted molar refractivity (Wildman–Crippen MR) is 96.4 cm³/mol. The van der Waals surface area contributed by atoms with Crippen LogP contribution in [0.15, 0.2) is 22.7 Å². The number of benzene rings is 1. The first-order valence-corrected chi connectivity index (χ1v) is 9.09. The molecule has 1 saturated carbocycles. The molecule has 6 heteroatoms. The Morgan fingerprint density at radius 3 is 2.96 bits per heavy atom. The van der Waals surface area contributed by atoms with E-state index in [0.29, 0.717) is 30.4 Å². The molecule has 25 heavy (non-hydrogen) atoms. The molecule has 2 heterocycles. The number of hydrogen-bond donors (Lipinski definition) is 1. The fourth-order valence-corrected chi connectivity index (χ4v) is 3.87. The molecule has 2 fully saturated rings. The first kappa shape index (κ1) is 16.5. The second-order valence-electron chi connectivity index (χ2n) is 7.28. The van der Waals surface area contributed by atoms with Crippen LogP contribution < -0.4 is 5.32 Å². The maximum atomic E-state index is 5.41. The highest BCUT2D eigenvalue weighted by atomic mass is 16.5. The van der Waals surface area contributed by atoms with E-state index in [0.717, 1.165) is 29.4 Å². The van der Waals surface area contributed by atoms with E-state index in [-0.39, 0.29) is 0 Å². The molecule has 134 valence electrons. The van der Waals surface area contributed by atoms with E-state index in [1.165, 1.54) is 19.3 Å².